The average Bonchev–Trinajstić information content (AvgIpc) is 3.22. The van der Waals surface area contributed by atoms with E-state index in [0.717, 1.165) is 36.4 Å². The van der Waals surface area contributed by atoms with E-state index in [1.165, 1.54) is 0 Å². The Hall–Kier alpha value is -3.19. The van der Waals surface area contributed by atoms with Gasteiger partial charge in [-0.15, -0.1) is 0 Å². The molecule has 2 aromatic rings. The molecule has 168 valence electrons. The molecule has 1 atom stereocenters. The van der Waals surface area contributed by atoms with Crippen LogP contribution < -0.4 is 10.2 Å². The zero-order valence-corrected chi connectivity index (χ0v) is 18.5. The highest BCUT2D eigenvalue weighted by atomic mass is 16.2. The second-order valence-corrected chi connectivity index (χ2v) is 8.48. The fourth-order valence-corrected chi connectivity index (χ4v) is 4.38. The van der Waals surface area contributed by atoms with Crippen LogP contribution in [0.25, 0.3) is 0 Å². The summed E-state index contributed by atoms with van der Waals surface area (Å²) >= 11 is 0. The SMILES string of the molecule is Cc1ccccc1C(=O)N1CCN(CCNC(=O)C2CC(=O)N(c3ccccc3)C2)CC1. The number of piperazine rings is 1. The van der Waals surface area contributed by atoms with Crippen molar-refractivity contribution in [3.8, 4) is 0 Å². The van der Waals surface area contributed by atoms with Gasteiger partial charge in [-0.25, -0.2) is 0 Å². The molecule has 2 aliphatic rings. The van der Waals surface area contributed by atoms with E-state index in [9.17, 15) is 14.4 Å². The maximum atomic E-state index is 12.8. The Morgan fingerprint density at radius 3 is 2.38 bits per heavy atom. The van der Waals surface area contributed by atoms with Crippen LogP contribution in [0.15, 0.2) is 54.6 Å². The molecule has 3 amide bonds. The summed E-state index contributed by atoms with van der Waals surface area (Å²) in [6, 6.07) is 17.2. The van der Waals surface area contributed by atoms with E-state index in [0.29, 0.717) is 26.2 Å². The number of carbonyl (C=O) groups excluding carboxylic acids is 3. The summed E-state index contributed by atoms with van der Waals surface area (Å²) in [4.78, 5) is 43.5. The van der Waals surface area contributed by atoms with Gasteiger partial charge in [-0.3, -0.25) is 19.3 Å². The number of hydrogen-bond donors (Lipinski definition) is 1. The quantitative estimate of drug-likeness (QED) is 0.754. The van der Waals surface area contributed by atoms with E-state index in [-0.39, 0.29) is 30.1 Å². The Bertz CT molecular complexity index is 970. The third-order valence-electron chi connectivity index (χ3n) is 6.33. The first-order valence-electron chi connectivity index (χ1n) is 11.2. The Kier molecular flexibility index (Phi) is 6.85. The van der Waals surface area contributed by atoms with Gasteiger partial charge in [0.25, 0.3) is 5.91 Å². The Morgan fingerprint density at radius 1 is 0.969 bits per heavy atom. The summed E-state index contributed by atoms with van der Waals surface area (Å²) in [6.07, 6.45) is 0.250. The van der Waals surface area contributed by atoms with Gasteiger partial charge in [0.1, 0.15) is 0 Å². The molecule has 2 heterocycles. The minimum Gasteiger partial charge on any atom is -0.355 e. The molecule has 2 saturated heterocycles. The molecule has 32 heavy (non-hydrogen) atoms. The molecule has 0 saturated carbocycles. The molecular weight excluding hydrogens is 404 g/mol. The molecule has 7 heteroatoms. The van der Waals surface area contributed by atoms with Gasteiger partial charge in [-0.05, 0) is 30.7 Å². The maximum Gasteiger partial charge on any atom is 0.254 e. The highest BCUT2D eigenvalue weighted by molar-refractivity contribution is 6.00. The molecular formula is C25H30N4O3. The van der Waals surface area contributed by atoms with Gasteiger partial charge in [-0.2, -0.15) is 0 Å². The molecule has 2 fully saturated rings. The summed E-state index contributed by atoms with van der Waals surface area (Å²) in [7, 11) is 0. The molecule has 2 aliphatic heterocycles. The lowest BCUT2D eigenvalue weighted by Gasteiger charge is -2.35. The molecule has 0 bridgehead atoms. The lowest BCUT2D eigenvalue weighted by molar-refractivity contribution is -0.126. The van der Waals surface area contributed by atoms with Crippen molar-refractivity contribution in [1.82, 2.24) is 15.1 Å². The normalized spacial score (nSPS) is 19.3. The van der Waals surface area contributed by atoms with Gasteiger partial charge in [0.2, 0.25) is 11.8 Å². The summed E-state index contributed by atoms with van der Waals surface area (Å²) in [5, 5.41) is 2.99. The van der Waals surface area contributed by atoms with Crippen molar-refractivity contribution in [2.45, 2.75) is 13.3 Å². The van der Waals surface area contributed by atoms with Crippen LogP contribution in [0.4, 0.5) is 5.69 Å². The van der Waals surface area contributed by atoms with Crippen LogP contribution in [-0.2, 0) is 9.59 Å². The van der Waals surface area contributed by atoms with Crippen LogP contribution in [0.3, 0.4) is 0 Å². The number of rotatable bonds is 6. The van der Waals surface area contributed by atoms with Gasteiger partial charge in [0, 0.05) is 63.5 Å². The number of nitrogens with one attached hydrogen (secondary N) is 1. The van der Waals surface area contributed by atoms with E-state index in [1.54, 1.807) is 4.90 Å². The minimum absolute atomic E-state index is 0.00853. The maximum absolute atomic E-state index is 12.8. The number of nitrogens with zero attached hydrogens (tertiary/aromatic N) is 3. The van der Waals surface area contributed by atoms with Crippen molar-refractivity contribution in [2.75, 3.05) is 50.7 Å². The number of benzene rings is 2. The molecule has 0 aromatic heterocycles. The first kappa shape index (κ1) is 22.0. The molecule has 4 rings (SSSR count). The third-order valence-corrected chi connectivity index (χ3v) is 6.33. The number of aryl methyl sites for hydroxylation is 1. The summed E-state index contributed by atoms with van der Waals surface area (Å²) in [6.45, 7) is 6.61. The number of para-hydroxylation sites is 1. The average molecular weight is 435 g/mol. The number of hydrogen-bond acceptors (Lipinski definition) is 4. The third kappa shape index (κ3) is 4.99. The van der Waals surface area contributed by atoms with Crippen molar-refractivity contribution in [3.63, 3.8) is 0 Å². The summed E-state index contributed by atoms with van der Waals surface area (Å²) < 4.78 is 0. The molecule has 2 aromatic carbocycles. The first-order chi connectivity index (χ1) is 15.5. The number of anilines is 1. The van der Waals surface area contributed by atoms with E-state index in [2.05, 4.69) is 10.2 Å². The molecule has 1 unspecified atom stereocenters. The van der Waals surface area contributed by atoms with Gasteiger partial charge >= 0.3 is 0 Å². The smallest absolute Gasteiger partial charge is 0.254 e. The molecule has 7 nitrogen and oxygen atoms in total. The van der Waals surface area contributed by atoms with Crippen molar-refractivity contribution in [2.24, 2.45) is 5.92 Å². The fraction of sp³-hybridized carbons (Fsp3) is 0.400. The zero-order valence-electron chi connectivity index (χ0n) is 18.5. The van der Waals surface area contributed by atoms with E-state index >= 15 is 0 Å². The number of amides is 3. The van der Waals surface area contributed by atoms with Crippen LogP contribution in [0.2, 0.25) is 0 Å². The van der Waals surface area contributed by atoms with Crippen molar-refractivity contribution in [3.05, 3.63) is 65.7 Å². The lowest BCUT2D eigenvalue weighted by Crippen LogP contribution is -2.50. The van der Waals surface area contributed by atoms with Gasteiger partial charge < -0.3 is 15.1 Å². The van der Waals surface area contributed by atoms with Crippen molar-refractivity contribution < 1.29 is 14.4 Å². The fourth-order valence-electron chi connectivity index (χ4n) is 4.38. The van der Waals surface area contributed by atoms with E-state index in [1.807, 2.05) is 66.4 Å². The molecule has 0 spiro atoms. The van der Waals surface area contributed by atoms with Gasteiger partial charge in [-0.1, -0.05) is 36.4 Å². The second-order valence-electron chi connectivity index (χ2n) is 8.48. The topological polar surface area (TPSA) is 73.0 Å². The summed E-state index contributed by atoms with van der Waals surface area (Å²) in [5.74, 6) is -0.299. The zero-order chi connectivity index (χ0) is 22.5. The minimum atomic E-state index is -0.314. The monoisotopic (exact) mass is 434 g/mol. The standard InChI is InChI=1S/C25H30N4O3/c1-19-7-5-6-10-22(19)25(32)28-15-13-27(14-16-28)12-11-26-24(31)20-17-23(30)29(18-20)21-8-3-2-4-9-21/h2-10,20H,11-18H2,1H3,(H,26,31). The highest BCUT2D eigenvalue weighted by Gasteiger charge is 2.35. The van der Waals surface area contributed by atoms with Crippen molar-refractivity contribution >= 4 is 23.4 Å². The first-order valence-corrected chi connectivity index (χ1v) is 11.2. The molecule has 0 aliphatic carbocycles. The van der Waals surface area contributed by atoms with Crippen LogP contribution in [0.1, 0.15) is 22.3 Å². The Labute approximate surface area is 189 Å². The predicted molar refractivity (Wildman–Crippen MR) is 123 cm³/mol. The summed E-state index contributed by atoms with van der Waals surface area (Å²) in [5.41, 5.74) is 2.61. The largest absolute Gasteiger partial charge is 0.355 e. The molecule has 0 radical (unpaired) electrons. The Balaban J connectivity index is 1.19. The van der Waals surface area contributed by atoms with Crippen LogP contribution >= 0.6 is 0 Å². The van der Waals surface area contributed by atoms with Gasteiger partial charge in [0.05, 0.1) is 5.92 Å². The van der Waals surface area contributed by atoms with Crippen LogP contribution in [-0.4, -0.2) is 73.3 Å². The van der Waals surface area contributed by atoms with E-state index < -0.39 is 0 Å². The van der Waals surface area contributed by atoms with Crippen molar-refractivity contribution in [1.29, 1.82) is 0 Å². The second kappa shape index (κ2) is 9.96. The highest BCUT2D eigenvalue weighted by Crippen LogP contribution is 2.24. The van der Waals surface area contributed by atoms with Crippen LogP contribution in [0, 0.1) is 12.8 Å². The van der Waals surface area contributed by atoms with E-state index in [4.69, 9.17) is 0 Å². The van der Waals surface area contributed by atoms with Gasteiger partial charge in [0.15, 0.2) is 0 Å². The molecule has 1 N–H and O–H groups in total. The Morgan fingerprint density at radius 2 is 1.66 bits per heavy atom. The predicted octanol–water partition coefficient (Wildman–Crippen LogP) is 1.92. The lowest BCUT2D eigenvalue weighted by atomic mass is 10.1. The van der Waals surface area contributed by atoms with Crippen LogP contribution in [0.5, 0.6) is 0 Å². The number of carbonyl (C=O) groups is 3.